The van der Waals surface area contributed by atoms with Gasteiger partial charge in [-0.15, -0.1) is 0 Å². The number of fused-ring (bicyclic) bond motifs is 6. The number of hydrogen-bond donors (Lipinski definition) is 2. The summed E-state index contributed by atoms with van der Waals surface area (Å²) in [5.74, 6) is -1.42. The van der Waals surface area contributed by atoms with E-state index in [-0.39, 0.29) is 18.1 Å². The summed E-state index contributed by atoms with van der Waals surface area (Å²) < 4.78 is 62.7. The fourth-order valence-corrected chi connectivity index (χ4v) is 10.3. The first-order valence-corrected chi connectivity index (χ1v) is 17.7. The van der Waals surface area contributed by atoms with Crippen LogP contribution in [-0.2, 0) is 0 Å². The van der Waals surface area contributed by atoms with Crippen molar-refractivity contribution in [3.05, 3.63) is 29.3 Å². The van der Waals surface area contributed by atoms with Gasteiger partial charge in [-0.25, -0.2) is 0 Å². The number of nitrogens with zero attached hydrogens (tertiary/aromatic N) is 1. The molecule has 2 N–H and O–H groups in total. The lowest BCUT2D eigenvalue weighted by atomic mass is 9.50. The molecule has 3 unspecified atom stereocenters. The Balaban J connectivity index is 1.06. The highest BCUT2D eigenvalue weighted by Gasteiger charge is 2.67. The predicted octanol–water partition coefficient (Wildman–Crippen LogP) is 9.34. The molecule has 9 heteroatoms. The van der Waals surface area contributed by atoms with Crippen molar-refractivity contribution in [1.82, 2.24) is 4.90 Å². The minimum absolute atomic E-state index is 0.141. The van der Waals surface area contributed by atoms with Crippen molar-refractivity contribution in [2.75, 3.05) is 31.6 Å². The Morgan fingerprint density at radius 2 is 1.63 bits per heavy atom. The van der Waals surface area contributed by atoms with Crippen molar-refractivity contribution in [2.24, 2.45) is 28.6 Å². The first kappa shape index (κ1) is 33.3. The summed E-state index contributed by atoms with van der Waals surface area (Å²) >= 11 is 1.44. The van der Waals surface area contributed by atoms with Gasteiger partial charge in [-0.1, -0.05) is 25.8 Å². The fourth-order valence-electron chi connectivity index (χ4n) is 9.43. The second-order valence-electron chi connectivity index (χ2n) is 14.4. The van der Waals surface area contributed by atoms with Gasteiger partial charge in [0, 0.05) is 6.42 Å². The van der Waals surface area contributed by atoms with E-state index in [4.69, 9.17) is 0 Å². The molecule has 1 aromatic carbocycles. The van der Waals surface area contributed by atoms with E-state index < -0.39 is 24.6 Å². The van der Waals surface area contributed by atoms with Gasteiger partial charge in [-0.05, 0) is 154 Å². The zero-order valence-electron chi connectivity index (χ0n) is 25.8. The van der Waals surface area contributed by atoms with Gasteiger partial charge in [0.25, 0.3) is 0 Å². The molecule has 0 heterocycles. The number of phenols is 1. The minimum atomic E-state index is -5.46. The average Bonchev–Trinajstić information content (AvgIpc) is 3.68. The number of benzene rings is 1. The van der Waals surface area contributed by atoms with Crippen LogP contribution in [0, 0.1) is 28.6 Å². The van der Waals surface area contributed by atoms with Crippen molar-refractivity contribution < 1.29 is 32.2 Å². The van der Waals surface area contributed by atoms with Gasteiger partial charge in [0.2, 0.25) is 0 Å². The van der Waals surface area contributed by atoms with Gasteiger partial charge in [0.1, 0.15) is 5.75 Å². The van der Waals surface area contributed by atoms with Crippen molar-refractivity contribution in [1.29, 1.82) is 0 Å². The minimum Gasteiger partial charge on any atom is -0.508 e. The number of halogens is 5. The van der Waals surface area contributed by atoms with Crippen molar-refractivity contribution in [3.63, 3.8) is 0 Å². The normalized spacial score (nSPS) is 31.2. The van der Waals surface area contributed by atoms with Crippen molar-refractivity contribution in [2.45, 2.75) is 115 Å². The molecule has 0 bridgehead atoms. The quantitative estimate of drug-likeness (QED) is 0.159. The molecule has 3 nitrogen and oxygen atoms in total. The third-order valence-electron chi connectivity index (χ3n) is 12.0. The van der Waals surface area contributed by atoms with Gasteiger partial charge in [0.15, 0.2) is 0 Å². The lowest BCUT2D eigenvalue weighted by Crippen LogP contribution is -2.47. The predicted molar refractivity (Wildman–Crippen MR) is 163 cm³/mol. The van der Waals surface area contributed by atoms with E-state index in [1.807, 2.05) is 0 Å². The van der Waals surface area contributed by atoms with Crippen LogP contribution in [0.1, 0.15) is 114 Å². The van der Waals surface area contributed by atoms with E-state index >= 15 is 0 Å². The number of aliphatic hydroxyl groups excluding tert-OH is 1. The number of alkyl halides is 5. The fraction of sp³-hybridized carbons (Fsp3) is 0.824. The third kappa shape index (κ3) is 6.74. The molecule has 0 amide bonds. The Hall–Kier alpha value is -1.06. The first-order chi connectivity index (χ1) is 20.3. The smallest absolute Gasteiger partial charge is 0.453 e. The molecule has 1 aromatic rings. The maximum Gasteiger partial charge on any atom is 0.453 e. The highest BCUT2D eigenvalue weighted by Crippen LogP contribution is 2.76. The molecule has 0 aromatic heterocycles. The maximum absolute atomic E-state index is 13.0. The SMILES string of the molecule is CN(CCCCC[C@H]1C2C(CC[C@@]3(C)C2CCC32CC2)c2ccc(O)cc2[C@@H]1O)CCCSCCCC(F)(F)C(F)(F)F. The lowest BCUT2D eigenvalue weighted by Gasteiger charge is -2.55. The zero-order chi connectivity index (χ0) is 31.0. The van der Waals surface area contributed by atoms with Gasteiger partial charge in [-0.3, -0.25) is 0 Å². The first-order valence-electron chi connectivity index (χ1n) is 16.5. The van der Waals surface area contributed by atoms with Crippen LogP contribution in [-0.4, -0.2) is 58.9 Å². The van der Waals surface area contributed by atoms with E-state index in [9.17, 15) is 32.2 Å². The molecule has 43 heavy (non-hydrogen) atoms. The van der Waals surface area contributed by atoms with Crippen LogP contribution in [0.25, 0.3) is 0 Å². The second kappa shape index (κ2) is 13.0. The molecule has 6 atom stereocenters. The number of phenolic OH excluding ortho intramolecular Hbond substituents is 1. The highest BCUT2D eigenvalue weighted by atomic mass is 32.2. The lowest BCUT2D eigenvalue weighted by molar-refractivity contribution is -0.284. The Bertz CT molecular complexity index is 1100. The molecule has 3 fully saturated rings. The molecule has 244 valence electrons. The van der Waals surface area contributed by atoms with Crippen LogP contribution in [0.4, 0.5) is 22.0 Å². The number of rotatable bonds is 14. The van der Waals surface area contributed by atoms with E-state index in [1.54, 1.807) is 12.1 Å². The summed E-state index contributed by atoms with van der Waals surface area (Å²) in [6, 6.07) is 5.68. The Labute approximate surface area is 258 Å². The Kier molecular flexibility index (Phi) is 10.1. The van der Waals surface area contributed by atoms with Gasteiger partial charge >= 0.3 is 12.1 Å². The number of hydrogen-bond acceptors (Lipinski definition) is 4. The van der Waals surface area contributed by atoms with Gasteiger partial charge in [0.05, 0.1) is 6.10 Å². The van der Waals surface area contributed by atoms with Crippen LogP contribution < -0.4 is 0 Å². The molecule has 0 saturated heterocycles. The molecular weight excluding hydrogens is 581 g/mol. The third-order valence-corrected chi connectivity index (χ3v) is 13.2. The number of aliphatic hydroxyl groups is 1. The Morgan fingerprint density at radius 1 is 0.907 bits per heavy atom. The monoisotopic (exact) mass is 631 g/mol. The van der Waals surface area contributed by atoms with E-state index in [2.05, 4.69) is 24.9 Å². The molecule has 0 aliphatic heterocycles. The number of thioether (sulfide) groups is 1. The topological polar surface area (TPSA) is 43.7 Å². The summed E-state index contributed by atoms with van der Waals surface area (Å²) in [6.07, 6.45) is 5.69. The molecule has 0 radical (unpaired) electrons. The maximum atomic E-state index is 13.0. The van der Waals surface area contributed by atoms with Gasteiger partial charge < -0.3 is 15.1 Å². The van der Waals surface area contributed by atoms with Crippen LogP contribution >= 0.6 is 11.8 Å². The van der Waals surface area contributed by atoms with E-state index in [0.29, 0.717) is 34.3 Å². The standard InChI is InChI=1S/C34H50F5NO2S/c1-31-14-11-25-24-10-9-23(41)22-27(24)30(42)26(29(25)28(31)12-15-32(31)16-17-32)8-4-3-5-18-40(2)19-7-21-43-20-6-13-33(35,36)34(37,38)39/h9-10,22,25-26,28-30,41-42H,3-8,11-21H2,1-2H3/t25?,26-,28?,29?,30+,31-/m0/s1. The molecule has 4 aliphatic rings. The molecule has 5 rings (SSSR count). The van der Waals surface area contributed by atoms with Crippen LogP contribution in [0.5, 0.6) is 5.75 Å². The van der Waals surface area contributed by atoms with Crippen molar-refractivity contribution >= 4 is 11.8 Å². The Morgan fingerprint density at radius 3 is 2.35 bits per heavy atom. The molecule has 4 aliphatic carbocycles. The number of unbranched alkanes of at least 4 members (excludes halogenated alkanes) is 2. The van der Waals surface area contributed by atoms with Crippen LogP contribution in [0.3, 0.4) is 0 Å². The number of aromatic hydroxyl groups is 1. The second-order valence-corrected chi connectivity index (χ2v) is 15.6. The zero-order valence-corrected chi connectivity index (χ0v) is 26.6. The van der Waals surface area contributed by atoms with Crippen LogP contribution in [0.2, 0.25) is 0 Å². The van der Waals surface area contributed by atoms with Crippen molar-refractivity contribution in [3.8, 4) is 5.75 Å². The highest BCUT2D eigenvalue weighted by molar-refractivity contribution is 7.99. The molecule has 1 spiro atoms. The average molecular weight is 632 g/mol. The summed E-state index contributed by atoms with van der Waals surface area (Å²) in [4.78, 5) is 2.27. The summed E-state index contributed by atoms with van der Waals surface area (Å²) in [5.41, 5.74) is 3.17. The summed E-state index contributed by atoms with van der Waals surface area (Å²) in [7, 11) is 2.07. The summed E-state index contributed by atoms with van der Waals surface area (Å²) in [5, 5.41) is 22.0. The largest absolute Gasteiger partial charge is 0.508 e. The molecule has 3 saturated carbocycles. The van der Waals surface area contributed by atoms with Gasteiger partial charge in [-0.2, -0.15) is 33.7 Å². The van der Waals surface area contributed by atoms with E-state index in [0.717, 1.165) is 56.5 Å². The molecular formula is C34H50F5NO2S. The summed E-state index contributed by atoms with van der Waals surface area (Å²) in [6.45, 7) is 4.39. The van der Waals surface area contributed by atoms with Crippen LogP contribution in [0.15, 0.2) is 18.2 Å². The van der Waals surface area contributed by atoms with E-state index in [1.165, 1.54) is 55.9 Å².